The van der Waals surface area contributed by atoms with Crippen LogP contribution in [0.5, 0.6) is 0 Å². The van der Waals surface area contributed by atoms with Gasteiger partial charge in [-0.2, -0.15) is 0 Å². The molecule has 1 saturated carbocycles. The average molecular weight is 385 g/mol. The van der Waals surface area contributed by atoms with Gasteiger partial charge in [0.15, 0.2) is 0 Å². The van der Waals surface area contributed by atoms with Gasteiger partial charge in [-0.25, -0.2) is 4.79 Å². The standard InChI is InChI=1S/C22H32N4O2/c1-16-4-2-6-19(14-16)24-22(28)26-11-3-5-17(15-26)21(27)23-18-9-12-25(13-10-18)20-7-8-20/h2,4,6,14,17-18,20H,3,5,7-13,15H2,1H3,(H,23,27)(H,24,28). The highest BCUT2D eigenvalue weighted by molar-refractivity contribution is 5.90. The molecule has 2 N–H and O–H groups in total. The van der Waals surface area contributed by atoms with E-state index in [9.17, 15) is 9.59 Å². The summed E-state index contributed by atoms with van der Waals surface area (Å²) in [5, 5.41) is 6.23. The second kappa shape index (κ2) is 8.52. The van der Waals surface area contributed by atoms with Crippen LogP contribution in [0.3, 0.4) is 0 Å². The zero-order chi connectivity index (χ0) is 19.5. The molecule has 0 radical (unpaired) electrons. The molecule has 1 aromatic rings. The normalized spacial score (nSPS) is 24.0. The molecule has 0 bridgehead atoms. The van der Waals surface area contributed by atoms with Gasteiger partial charge in [-0.15, -0.1) is 0 Å². The predicted octanol–water partition coefficient (Wildman–Crippen LogP) is 2.98. The summed E-state index contributed by atoms with van der Waals surface area (Å²) in [6.07, 6.45) is 6.53. The van der Waals surface area contributed by atoms with E-state index >= 15 is 0 Å². The fourth-order valence-corrected chi connectivity index (χ4v) is 4.47. The number of hydrogen-bond acceptors (Lipinski definition) is 3. The Morgan fingerprint density at radius 1 is 1.04 bits per heavy atom. The van der Waals surface area contributed by atoms with Crippen LogP contribution >= 0.6 is 0 Å². The minimum Gasteiger partial charge on any atom is -0.353 e. The van der Waals surface area contributed by atoms with Gasteiger partial charge in [0, 0.05) is 44.0 Å². The quantitative estimate of drug-likeness (QED) is 0.839. The molecule has 1 atom stereocenters. The summed E-state index contributed by atoms with van der Waals surface area (Å²) in [7, 11) is 0. The van der Waals surface area contributed by atoms with E-state index in [1.807, 2.05) is 31.2 Å². The second-order valence-corrected chi connectivity index (χ2v) is 8.63. The van der Waals surface area contributed by atoms with E-state index in [1.165, 1.54) is 12.8 Å². The summed E-state index contributed by atoms with van der Waals surface area (Å²) >= 11 is 0. The van der Waals surface area contributed by atoms with Crippen LogP contribution in [0.2, 0.25) is 0 Å². The van der Waals surface area contributed by atoms with Crippen molar-refractivity contribution in [2.75, 3.05) is 31.5 Å². The number of nitrogens with zero attached hydrogens (tertiary/aromatic N) is 2. The van der Waals surface area contributed by atoms with Gasteiger partial charge in [-0.05, 0) is 63.1 Å². The zero-order valence-corrected chi connectivity index (χ0v) is 16.8. The Hall–Kier alpha value is -2.08. The van der Waals surface area contributed by atoms with E-state index in [-0.39, 0.29) is 17.9 Å². The lowest BCUT2D eigenvalue weighted by Crippen LogP contribution is -2.51. The van der Waals surface area contributed by atoms with Crippen molar-refractivity contribution in [3.63, 3.8) is 0 Å². The summed E-state index contributed by atoms with van der Waals surface area (Å²) in [6.45, 7) is 5.42. The first-order chi connectivity index (χ1) is 13.6. The van der Waals surface area contributed by atoms with Crippen molar-refractivity contribution in [1.29, 1.82) is 0 Å². The van der Waals surface area contributed by atoms with Gasteiger partial charge in [-0.3, -0.25) is 4.79 Å². The largest absolute Gasteiger partial charge is 0.353 e. The number of hydrogen-bond donors (Lipinski definition) is 2. The number of carbonyl (C=O) groups is 2. The molecular weight excluding hydrogens is 352 g/mol. The van der Waals surface area contributed by atoms with E-state index in [0.717, 1.165) is 56.1 Å². The molecule has 152 valence electrons. The Bertz CT molecular complexity index is 710. The lowest BCUT2D eigenvalue weighted by molar-refractivity contribution is -0.127. The van der Waals surface area contributed by atoms with Crippen LogP contribution in [-0.4, -0.2) is 60.0 Å². The van der Waals surface area contributed by atoms with Crippen molar-refractivity contribution >= 4 is 17.6 Å². The Morgan fingerprint density at radius 2 is 1.82 bits per heavy atom. The monoisotopic (exact) mass is 384 g/mol. The molecule has 2 heterocycles. The molecule has 6 nitrogen and oxygen atoms in total. The van der Waals surface area contributed by atoms with Gasteiger partial charge in [0.25, 0.3) is 0 Å². The van der Waals surface area contributed by atoms with Crippen LogP contribution in [0.15, 0.2) is 24.3 Å². The molecule has 1 unspecified atom stereocenters. The molecule has 28 heavy (non-hydrogen) atoms. The van der Waals surface area contributed by atoms with Gasteiger partial charge in [0.05, 0.1) is 5.92 Å². The Kier molecular flexibility index (Phi) is 5.85. The third-order valence-corrected chi connectivity index (χ3v) is 6.29. The third kappa shape index (κ3) is 4.85. The molecule has 4 rings (SSSR count). The summed E-state index contributed by atoms with van der Waals surface area (Å²) in [5.41, 5.74) is 1.92. The van der Waals surface area contributed by atoms with E-state index in [0.29, 0.717) is 19.1 Å². The van der Waals surface area contributed by atoms with Crippen molar-refractivity contribution in [1.82, 2.24) is 15.1 Å². The lowest BCUT2D eigenvalue weighted by Gasteiger charge is -2.35. The lowest BCUT2D eigenvalue weighted by atomic mass is 9.96. The first kappa shape index (κ1) is 19.2. The molecule has 2 aliphatic heterocycles. The number of benzene rings is 1. The molecule has 3 fully saturated rings. The molecule has 6 heteroatoms. The molecule has 2 saturated heterocycles. The molecule has 3 aliphatic rings. The number of carbonyl (C=O) groups excluding carboxylic acids is 2. The highest BCUT2D eigenvalue weighted by Gasteiger charge is 2.34. The molecule has 1 aromatic carbocycles. The molecule has 3 amide bonds. The van der Waals surface area contributed by atoms with Gasteiger partial charge >= 0.3 is 6.03 Å². The topological polar surface area (TPSA) is 64.7 Å². The maximum absolute atomic E-state index is 12.8. The molecular formula is C22H32N4O2. The van der Waals surface area contributed by atoms with Crippen LogP contribution in [0.4, 0.5) is 10.5 Å². The predicted molar refractivity (Wildman–Crippen MR) is 110 cm³/mol. The van der Waals surface area contributed by atoms with Crippen LogP contribution in [0, 0.1) is 12.8 Å². The number of urea groups is 1. The molecule has 0 spiro atoms. The van der Waals surface area contributed by atoms with Crippen LogP contribution < -0.4 is 10.6 Å². The first-order valence-electron chi connectivity index (χ1n) is 10.8. The summed E-state index contributed by atoms with van der Waals surface area (Å²) in [5.74, 6) is 0.0244. The van der Waals surface area contributed by atoms with Crippen molar-refractivity contribution < 1.29 is 9.59 Å². The first-order valence-corrected chi connectivity index (χ1v) is 10.8. The number of piperidine rings is 2. The van der Waals surface area contributed by atoms with Crippen LogP contribution in [0.25, 0.3) is 0 Å². The van der Waals surface area contributed by atoms with Crippen LogP contribution in [-0.2, 0) is 4.79 Å². The fourth-order valence-electron chi connectivity index (χ4n) is 4.47. The van der Waals surface area contributed by atoms with Crippen molar-refractivity contribution in [3.8, 4) is 0 Å². The second-order valence-electron chi connectivity index (χ2n) is 8.63. The smallest absolute Gasteiger partial charge is 0.321 e. The maximum Gasteiger partial charge on any atom is 0.321 e. The number of amides is 3. The Morgan fingerprint density at radius 3 is 2.54 bits per heavy atom. The minimum absolute atomic E-state index is 0.0986. The number of anilines is 1. The van der Waals surface area contributed by atoms with Gasteiger partial charge in [0.1, 0.15) is 0 Å². The fraction of sp³-hybridized carbons (Fsp3) is 0.636. The number of likely N-dealkylation sites (tertiary alicyclic amines) is 2. The van der Waals surface area contributed by atoms with Crippen molar-refractivity contribution in [2.45, 2.75) is 57.5 Å². The highest BCUT2D eigenvalue weighted by atomic mass is 16.2. The van der Waals surface area contributed by atoms with Gasteiger partial charge < -0.3 is 20.4 Å². The van der Waals surface area contributed by atoms with Gasteiger partial charge in [-0.1, -0.05) is 12.1 Å². The van der Waals surface area contributed by atoms with Crippen molar-refractivity contribution in [2.24, 2.45) is 5.92 Å². The Balaban J connectivity index is 1.25. The highest BCUT2D eigenvalue weighted by Crippen LogP contribution is 2.29. The average Bonchev–Trinajstić information content (AvgIpc) is 3.54. The SMILES string of the molecule is Cc1cccc(NC(=O)N2CCCC(C(=O)NC3CCN(C4CC4)CC3)C2)c1. The third-order valence-electron chi connectivity index (χ3n) is 6.29. The summed E-state index contributed by atoms with van der Waals surface area (Å²) < 4.78 is 0. The van der Waals surface area contributed by atoms with Gasteiger partial charge in [0.2, 0.25) is 5.91 Å². The van der Waals surface area contributed by atoms with E-state index in [4.69, 9.17) is 0 Å². The molecule has 0 aromatic heterocycles. The number of nitrogens with one attached hydrogen (secondary N) is 2. The van der Waals surface area contributed by atoms with E-state index < -0.39 is 0 Å². The summed E-state index contributed by atoms with van der Waals surface area (Å²) in [6, 6.07) is 8.79. The minimum atomic E-state index is -0.110. The molecule has 1 aliphatic carbocycles. The summed E-state index contributed by atoms with van der Waals surface area (Å²) in [4.78, 5) is 29.8. The van der Waals surface area contributed by atoms with Crippen LogP contribution in [0.1, 0.15) is 44.1 Å². The Labute approximate surface area is 167 Å². The van der Waals surface area contributed by atoms with Crippen molar-refractivity contribution in [3.05, 3.63) is 29.8 Å². The zero-order valence-electron chi connectivity index (χ0n) is 16.8. The maximum atomic E-state index is 12.8. The van der Waals surface area contributed by atoms with E-state index in [1.54, 1.807) is 4.90 Å². The number of rotatable bonds is 4. The number of aryl methyl sites for hydroxylation is 1. The van der Waals surface area contributed by atoms with E-state index in [2.05, 4.69) is 15.5 Å².